The Kier molecular flexibility index (Phi) is 7.61. The number of halogens is 1. The van der Waals surface area contributed by atoms with Crippen molar-refractivity contribution in [1.29, 1.82) is 0 Å². The molecule has 1 saturated carbocycles. The summed E-state index contributed by atoms with van der Waals surface area (Å²) in [6, 6.07) is 2.98. The van der Waals surface area contributed by atoms with Gasteiger partial charge < -0.3 is 5.32 Å². The lowest BCUT2D eigenvalue weighted by Crippen LogP contribution is -2.38. The van der Waals surface area contributed by atoms with Crippen LogP contribution in [0.25, 0.3) is 0 Å². The van der Waals surface area contributed by atoms with E-state index < -0.39 is 0 Å². The third kappa shape index (κ3) is 5.50. The highest BCUT2D eigenvalue weighted by Gasteiger charge is 2.22. The number of thiophene rings is 1. The Labute approximate surface area is 136 Å². The van der Waals surface area contributed by atoms with Gasteiger partial charge in [-0.05, 0) is 60.1 Å². The summed E-state index contributed by atoms with van der Waals surface area (Å²) in [5, 5.41) is 6.05. The van der Waals surface area contributed by atoms with E-state index in [1.165, 1.54) is 67.1 Å². The Morgan fingerprint density at radius 2 is 1.95 bits per heavy atom. The van der Waals surface area contributed by atoms with E-state index in [0.29, 0.717) is 6.04 Å². The summed E-state index contributed by atoms with van der Waals surface area (Å²) in [6.07, 6.45) is 12.5. The van der Waals surface area contributed by atoms with Crippen molar-refractivity contribution in [2.45, 2.75) is 70.8 Å². The predicted molar refractivity (Wildman–Crippen MR) is 93.6 cm³/mol. The molecule has 0 bridgehead atoms. The molecule has 0 aromatic carbocycles. The predicted octanol–water partition coefficient (Wildman–Crippen LogP) is 5.78. The van der Waals surface area contributed by atoms with Gasteiger partial charge in [0.15, 0.2) is 0 Å². The van der Waals surface area contributed by atoms with E-state index in [2.05, 4.69) is 39.6 Å². The summed E-state index contributed by atoms with van der Waals surface area (Å²) in [4.78, 5) is 1.52. The van der Waals surface area contributed by atoms with Crippen LogP contribution in [-0.2, 0) is 6.42 Å². The minimum Gasteiger partial charge on any atom is -0.313 e. The molecule has 2 rings (SSSR count). The highest BCUT2D eigenvalue weighted by Crippen LogP contribution is 2.28. The first kappa shape index (κ1) is 16.5. The lowest BCUT2D eigenvalue weighted by Gasteiger charge is -2.29. The van der Waals surface area contributed by atoms with Crippen LogP contribution in [0.3, 0.4) is 0 Å². The van der Waals surface area contributed by atoms with Crippen molar-refractivity contribution in [2.24, 2.45) is 5.92 Å². The zero-order valence-corrected chi connectivity index (χ0v) is 15.1. The van der Waals surface area contributed by atoms with Crippen molar-refractivity contribution in [3.63, 3.8) is 0 Å². The van der Waals surface area contributed by atoms with Crippen molar-refractivity contribution in [3.8, 4) is 0 Å². The molecule has 1 unspecified atom stereocenters. The monoisotopic (exact) mass is 357 g/mol. The van der Waals surface area contributed by atoms with Crippen LogP contribution in [0, 0.1) is 5.92 Å². The van der Waals surface area contributed by atoms with E-state index in [1.54, 1.807) is 0 Å². The smallest absolute Gasteiger partial charge is 0.0285 e. The quantitative estimate of drug-likeness (QED) is 0.679. The normalized spacial score (nSPS) is 19.5. The van der Waals surface area contributed by atoms with Crippen LogP contribution in [-0.4, -0.2) is 12.6 Å². The molecule has 1 heterocycles. The SMILES string of the molecule is CCCNC(Cc1cc(Br)cs1)C1CCCCCCC1. The van der Waals surface area contributed by atoms with Gasteiger partial charge in [0.1, 0.15) is 0 Å². The van der Waals surface area contributed by atoms with Gasteiger partial charge in [-0.15, -0.1) is 11.3 Å². The fourth-order valence-corrected chi connectivity index (χ4v) is 4.81. The molecule has 1 nitrogen and oxygen atoms in total. The Morgan fingerprint density at radius 3 is 2.55 bits per heavy atom. The Balaban J connectivity index is 1.96. The van der Waals surface area contributed by atoms with E-state index in [9.17, 15) is 0 Å². The van der Waals surface area contributed by atoms with Crippen LogP contribution in [0.4, 0.5) is 0 Å². The first-order valence-electron chi connectivity index (χ1n) is 8.26. The molecule has 3 heteroatoms. The number of hydrogen-bond donors (Lipinski definition) is 1. The lowest BCUT2D eigenvalue weighted by atomic mass is 9.84. The average molecular weight is 358 g/mol. The zero-order chi connectivity index (χ0) is 14.2. The maximum atomic E-state index is 3.84. The maximum absolute atomic E-state index is 3.84. The molecule has 0 saturated heterocycles. The Morgan fingerprint density at radius 1 is 1.25 bits per heavy atom. The lowest BCUT2D eigenvalue weighted by molar-refractivity contribution is 0.284. The molecule has 0 aliphatic heterocycles. The number of hydrogen-bond acceptors (Lipinski definition) is 2. The van der Waals surface area contributed by atoms with Gasteiger partial charge in [0.2, 0.25) is 0 Å². The molecule has 1 atom stereocenters. The highest BCUT2D eigenvalue weighted by atomic mass is 79.9. The second-order valence-electron chi connectivity index (χ2n) is 6.10. The van der Waals surface area contributed by atoms with Crippen LogP contribution in [0.15, 0.2) is 15.9 Å². The Bertz CT molecular complexity index is 369. The van der Waals surface area contributed by atoms with Crippen LogP contribution >= 0.6 is 27.3 Å². The van der Waals surface area contributed by atoms with Crippen molar-refractivity contribution in [3.05, 3.63) is 20.8 Å². The van der Waals surface area contributed by atoms with E-state index in [4.69, 9.17) is 0 Å². The highest BCUT2D eigenvalue weighted by molar-refractivity contribution is 9.10. The van der Waals surface area contributed by atoms with E-state index in [1.807, 2.05) is 11.3 Å². The van der Waals surface area contributed by atoms with Gasteiger partial charge in [-0.2, -0.15) is 0 Å². The summed E-state index contributed by atoms with van der Waals surface area (Å²) >= 11 is 5.48. The van der Waals surface area contributed by atoms with Crippen LogP contribution in [0.5, 0.6) is 0 Å². The molecule has 1 aromatic rings. The fraction of sp³-hybridized carbons (Fsp3) is 0.765. The van der Waals surface area contributed by atoms with Gasteiger partial charge >= 0.3 is 0 Å². The second kappa shape index (κ2) is 9.22. The number of rotatable bonds is 6. The average Bonchev–Trinajstić information content (AvgIpc) is 2.80. The van der Waals surface area contributed by atoms with Gasteiger partial charge in [0.25, 0.3) is 0 Å². The van der Waals surface area contributed by atoms with Gasteiger partial charge in [0.05, 0.1) is 0 Å². The number of nitrogens with one attached hydrogen (secondary N) is 1. The maximum Gasteiger partial charge on any atom is 0.0285 e. The van der Waals surface area contributed by atoms with E-state index in [0.717, 1.165) is 12.5 Å². The van der Waals surface area contributed by atoms with Crippen LogP contribution in [0.1, 0.15) is 63.2 Å². The fourth-order valence-electron chi connectivity index (χ4n) is 3.30. The molecule has 1 aromatic heterocycles. The molecule has 1 fully saturated rings. The Hall–Kier alpha value is 0.140. The van der Waals surface area contributed by atoms with Crippen molar-refractivity contribution >= 4 is 27.3 Å². The molecule has 0 amide bonds. The summed E-state index contributed by atoms with van der Waals surface area (Å²) in [5.74, 6) is 0.878. The topological polar surface area (TPSA) is 12.0 Å². The minimum absolute atomic E-state index is 0.679. The van der Waals surface area contributed by atoms with Gasteiger partial charge in [-0.1, -0.05) is 39.0 Å². The van der Waals surface area contributed by atoms with E-state index in [-0.39, 0.29) is 0 Å². The molecule has 1 N–H and O–H groups in total. The summed E-state index contributed by atoms with van der Waals surface area (Å²) in [7, 11) is 0. The first-order valence-corrected chi connectivity index (χ1v) is 9.93. The van der Waals surface area contributed by atoms with Gasteiger partial charge in [0, 0.05) is 20.8 Å². The zero-order valence-electron chi connectivity index (χ0n) is 12.7. The molecule has 0 spiro atoms. The van der Waals surface area contributed by atoms with Gasteiger partial charge in [-0.3, -0.25) is 0 Å². The molecule has 1 aliphatic rings. The summed E-state index contributed by atoms with van der Waals surface area (Å²) < 4.78 is 1.24. The first-order chi connectivity index (χ1) is 9.79. The largest absolute Gasteiger partial charge is 0.313 e. The third-order valence-electron chi connectivity index (χ3n) is 4.42. The molecule has 114 valence electrons. The molecular weight excluding hydrogens is 330 g/mol. The molecular formula is C17H28BrNS. The van der Waals surface area contributed by atoms with Crippen molar-refractivity contribution in [1.82, 2.24) is 5.32 Å². The minimum atomic E-state index is 0.679. The van der Waals surface area contributed by atoms with Crippen molar-refractivity contribution < 1.29 is 0 Å². The summed E-state index contributed by atoms with van der Waals surface area (Å²) in [6.45, 7) is 3.43. The molecule has 0 radical (unpaired) electrons. The standard InChI is InChI=1S/C17H28BrNS/c1-2-10-19-17(12-16-11-15(18)13-20-16)14-8-6-4-3-5-7-9-14/h11,13-14,17,19H,2-10,12H2,1H3. The third-order valence-corrected chi connectivity index (χ3v) is 6.14. The van der Waals surface area contributed by atoms with Crippen molar-refractivity contribution in [2.75, 3.05) is 6.54 Å². The van der Waals surface area contributed by atoms with Gasteiger partial charge in [-0.25, -0.2) is 0 Å². The van der Waals surface area contributed by atoms with E-state index >= 15 is 0 Å². The van der Waals surface area contributed by atoms with Crippen LogP contribution in [0.2, 0.25) is 0 Å². The second-order valence-corrected chi connectivity index (χ2v) is 8.01. The van der Waals surface area contributed by atoms with Crippen LogP contribution < -0.4 is 5.32 Å². The molecule has 20 heavy (non-hydrogen) atoms. The molecule has 1 aliphatic carbocycles. The summed E-state index contributed by atoms with van der Waals surface area (Å²) in [5.41, 5.74) is 0.